The molecule has 0 saturated carbocycles. The first-order valence-corrected chi connectivity index (χ1v) is 7.58. The summed E-state index contributed by atoms with van der Waals surface area (Å²) in [7, 11) is 0. The lowest BCUT2D eigenvalue weighted by molar-refractivity contribution is 0.0948. The molecule has 1 amide bonds. The SMILES string of the molecule is Cc1ccc2ncc(C(=O)NCCc3ccc(CO)cc3)n2c1. The molecular weight excluding hydrogens is 290 g/mol. The molecule has 0 aliphatic heterocycles. The van der Waals surface area contributed by atoms with Gasteiger partial charge in [0.15, 0.2) is 0 Å². The van der Waals surface area contributed by atoms with Gasteiger partial charge in [-0.1, -0.05) is 30.3 Å². The number of hydrogen-bond donors (Lipinski definition) is 2. The number of fused-ring (bicyclic) bond motifs is 1. The van der Waals surface area contributed by atoms with Gasteiger partial charge in [-0.2, -0.15) is 0 Å². The molecule has 118 valence electrons. The molecule has 3 rings (SSSR count). The Hall–Kier alpha value is -2.66. The maximum absolute atomic E-state index is 12.3. The zero-order valence-electron chi connectivity index (χ0n) is 13.0. The molecule has 1 aromatic carbocycles. The summed E-state index contributed by atoms with van der Waals surface area (Å²) in [4.78, 5) is 16.6. The number of carbonyl (C=O) groups is 1. The number of benzene rings is 1. The van der Waals surface area contributed by atoms with Crippen LogP contribution in [-0.2, 0) is 13.0 Å². The molecule has 2 heterocycles. The molecule has 5 nitrogen and oxygen atoms in total. The van der Waals surface area contributed by atoms with Gasteiger partial charge in [-0.25, -0.2) is 4.98 Å². The summed E-state index contributed by atoms with van der Waals surface area (Å²) < 4.78 is 1.81. The van der Waals surface area contributed by atoms with Gasteiger partial charge in [-0.15, -0.1) is 0 Å². The number of rotatable bonds is 5. The fourth-order valence-corrected chi connectivity index (χ4v) is 2.48. The van der Waals surface area contributed by atoms with Gasteiger partial charge < -0.3 is 10.4 Å². The maximum Gasteiger partial charge on any atom is 0.269 e. The Morgan fingerprint density at radius 1 is 1.17 bits per heavy atom. The molecule has 0 spiro atoms. The third-order valence-corrected chi connectivity index (χ3v) is 3.79. The quantitative estimate of drug-likeness (QED) is 0.758. The van der Waals surface area contributed by atoms with Crippen molar-refractivity contribution >= 4 is 11.6 Å². The standard InChI is InChI=1S/C18H19N3O2/c1-13-2-7-17-20-10-16(21(17)11-13)18(23)19-9-8-14-3-5-15(12-22)6-4-14/h2-7,10-11,22H,8-9,12H2,1H3,(H,19,23). The van der Waals surface area contributed by atoms with Crippen LogP contribution in [0, 0.1) is 6.92 Å². The average molecular weight is 309 g/mol. The second-order valence-electron chi connectivity index (χ2n) is 5.56. The number of aromatic nitrogens is 2. The van der Waals surface area contributed by atoms with E-state index >= 15 is 0 Å². The van der Waals surface area contributed by atoms with Crippen molar-refractivity contribution < 1.29 is 9.90 Å². The summed E-state index contributed by atoms with van der Waals surface area (Å²) in [6.07, 6.45) is 4.25. The molecule has 0 fully saturated rings. The highest BCUT2D eigenvalue weighted by Crippen LogP contribution is 2.09. The van der Waals surface area contributed by atoms with Crippen LogP contribution in [0.2, 0.25) is 0 Å². The predicted octanol–water partition coefficient (Wildman–Crippen LogP) is 2.11. The summed E-state index contributed by atoms with van der Waals surface area (Å²) in [6, 6.07) is 11.6. The number of nitrogens with one attached hydrogen (secondary N) is 1. The molecule has 0 bridgehead atoms. The highest BCUT2D eigenvalue weighted by atomic mass is 16.3. The molecule has 0 radical (unpaired) electrons. The lowest BCUT2D eigenvalue weighted by Crippen LogP contribution is -2.26. The molecule has 3 aromatic rings. The largest absolute Gasteiger partial charge is 0.392 e. The first kappa shape index (κ1) is 15.2. The zero-order chi connectivity index (χ0) is 16.2. The van der Waals surface area contributed by atoms with Gasteiger partial charge in [0.05, 0.1) is 12.8 Å². The van der Waals surface area contributed by atoms with E-state index in [4.69, 9.17) is 5.11 Å². The summed E-state index contributed by atoms with van der Waals surface area (Å²) in [5.41, 5.74) is 4.39. The van der Waals surface area contributed by atoms with Crippen molar-refractivity contribution in [3.8, 4) is 0 Å². The van der Waals surface area contributed by atoms with Crippen LogP contribution in [0.1, 0.15) is 27.2 Å². The molecule has 2 N–H and O–H groups in total. The van der Waals surface area contributed by atoms with E-state index in [0.717, 1.165) is 28.8 Å². The molecule has 0 aliphatic carbocycles. The van der Waals surface area contributed by atoms with Gasteiger partial charge >= 0.3 is 0 Å². The molecule has 5 heteroatoms. The molecule has 0 aliphatic rings. The van der Waals surface area contributed by atoms with E-state index in [2.05, 4.69) is 10.3 Å². The Kier molecular flexibility index (Phi) is 4.39. The minimum absolute atomic E-state index is 0.0463. The summed E-state index contributed by atoms with van der Waals surface area (Å²) in [6.45, 7) is 2.58. The van der Waals surface area contributed by atoms with Gasteiger partial charge in [-0.3, -0.25) is 9.20 Å². The van der Waals surface area contributed by atoms with Crippen LogP contribution < -0.4 is 5.32 Å². The van der Waals surface area contributed by atoms with E-state index in [9.17, 15) is 4.79 Å². The lowest BCUT2D eigenvalue weighted by Gasteiger charge is -2.06. The topological polar surface area (TPSA) is 66.6 Å². The number of aliphatic hydroxyl groups is 1. The third-order valence-electron chi connectivity index (χ3n) is 3.79. The number of hydrogen-bond acceptors (Lipinski definition) is 3. The van der Waals surface area contributed by atoms with Gasteiger partial charge in [0.25, 0.3) is 5.91 Å². The van der Waals surface area contributed by atoms with Crippen molar-refractivity contribution in [1.82, 2.24) is 14.7 Å². The van der Waals surface area contributed by atoms with Crippen LogP contribution in [-0.4, -0.2) is 26.9 Å². The smallest absolute Gasteiger partial charge is 0.269 e. The minimum Gasteiger partial charge on any atom is -0.392 e. The fourth-order valence-electron chi connectivity index (χ4n) is 2.48. The first-order chi connectivity index (χ1) is 11.2. The third kappa shape index (κ3) is 3.40. The van der Waals surface area contributed by atoms with Crippen molar-refractivity contribution in [1.29, 1.82) is 0 Å². The van der Waals surface area contributed by atoms with Gasteiger partial charge in [0, 0.05) is 12.7 Å². The van der Waals surface area contributed by atoms with Gasteiger partial charge in [-0.05, 0) is 36.1 Å². The molecule has 0 saturated heterocycles. The van der Waals surface area contributed by atoms with Crippen molar-refractivity contribution in [3.05, 3.63) is 71.2 Å². The molecule has 2 aromatic heterocycles. The number of imidazole rings is 1. The second kappa shape index (κ2) is 6.62. The van der Waals surface area contributed by atoms with E-state index in [1.54, 1.807) is 10.6 Å². The van der Waals surface area contributed by atoms with E-state index in [1.165, 1.54) is 0 Å². The summed E-state index contributed by atoms with van der Waals surface area (Å²) in [5.74, 6) is -0.130. The number of carbonyl (C=O) groups excluding carboxylic acids is 1. The predicted molar refractivity (Wildman–Crippen MR) is 88.3 cm³/mol. The van der Waals surface area contributed by atoms with Gasteiger partial charge in [0.2, 0.25) is 0 Å². The highest BCUT2D eigenvalue weighted by Gasteiger charge is 2.11. The Balaban J connectivity index is 1.63. The Morgan fingerprint density at radius 3 is 2.65 bits per heavy atom. The molecular formula is C18H19N3O2. The van der Waals surface area contributed by atoms with Crippen molar-refractivity contribution in [2.24, 2.45) is 0 Å². The Labute approximate surface area is 134 Å². The van der Waals surface area contributed by atoms with Crippen LogP contribution in [0.3, 0.4) is 0 Å². The number of aliphatic hydroxyl groups excluding tert-OH is 1. The molecule has 0 atom stereocenters. The number of pyridine rings is 1. The van der Waals surface area contributed by atoms with Crippen LogP contribution in [0.5, 0.6) is 0 Å². The van der Waals surface area contributed by atoms with E-state index < -0.39 is 0 Å². The number of amides is 1. The summed E-state index contributed by atoms with van der Waals surface area (Å²) in [5, 5.41) is 11.9. The minimum atomic E-state index is -0.130. The highest BCUT2D eigenvalue weighted by molar-refractivity contribution is 5.93. The zero-order valence-corrected chi connectivity index (χ0v) is 13.0. The Morgan fingerprint density at radius 2 is 1.91 bits per heavy atom. The van der Waals surface area contributed by atoms with E-state index in [-0.39, 0.29) is 12.5 Å². The van der Waals surface area contributed by atoms with Crippen LogP contribution >= 0.6 is 0 Å². The van der Waals surface area contributed by atoms with Crippen LogP contribution in [0.15, 0.2) is 48.8 Å². The maximum atomic E-state index is 12.3. The van der Waals surface area contributed by atoms with Gasteiger partial charge in [0.1, 0.15) is 11.3 Å². The summed E-state index contributed by atoms with van der Waals surface area (Å²) >= 11 is 0. The second-order valence-corrected chi connectivity index (χ2v) is 5.56. The first-order valence-electron chi connectivity index (χ1n) is 7.58. The average Bonchev–Trinajstić information content (AvgIpc) is 2.98. The van der Waals surface area contributed by atoms with E-state index in [0.29, 0.717) is 12.2 Å². The van der Waals surface area contributed by atoms with Crippen LogP contribution in [0.25, 0.3) is 5.65 Å². The van der Waals surface area contributed by atoms with Crippen LogP contribution in [0.4, 0.5) is 0 Å². The van der Waals surface area contributed by atoms with Crippen molar-refractivity contribution in [2.45, 2.75) is 20.0 Å². The number of aryl methyl sites for hydroxylation is 1. The molecule has 23 heavy (non-hydrogen) atoms. The van der Waals surface area contributed by atoms with Crippen molar-refractivity contribution in [2.75, 3.05) is 6.54 Å². The monoisotopic (exact) mass is 309 g/mol. The normalized spacial score (nSPS) is 10.9. The fraction of sp³-hybridized carbons (Fsp3) is 0.222. The Bertz CT molecular complexity index is 822. The number of nitrogens with zero attached hydrogens (tertiary/aromatic N) is 2. The lowest BCUT2D eigenvalue weighted by atomic mass is 10.1. The van der Waals surface area contributed by atoms with Crippen molar-refractivity contribution in [3.63, 3.8) is 0 Å². The van der Waals surface area contributed by atoms with E-state index in [1.807, 2.05) is 49.5 Å². The molecule has 0 unspecified atom stereocenters.